The van der Waals surface area contributed by atoms with Crippen molar-refractivity contribution in [3.8, 4) is 23.1 Å². The van der Waals surface area contributed by atoms with Crippen LogP contribution in [0.2, 0.25) is 0 Å². The maximum absolute atomic E-state index is 13.2. The van der Waals surface area contributed by atoms with E-state index in [0.29, 0.717) is 16.9 Å². The molecule has 4 rings (SSSR count). The van der Waals surface area contributed by atoms with E-state index in [1.807, 2.05) is 0 Å². The molecule has 35 heavy (non-hydrogen) atoms. The van der Waals surface area contributed by atoms with E-state index < -0.39 is 11.7 Å². The lowest BCUT2D eigenvalue weighted by atomic mass is 10.1. The van der Waals surface area contributed by atoms with Crippen molar-refractivity contribution in [2.45, 2.75) is 19.5 Å². The number of hydrogen-bond acceptors (Lipinski definition) is 4. The lowest BCUT2D eigenvalue weighted by Crippen LogP contribution is -2.14. The van der Waals surface area contributed by atoms with E-state index in [4.69, 9.17) is 4.74 Å². The maximum Gasteiger partial charge on any atom is 0.416 e. The molecule has 0 bridgehead atoms. The van der Waals surface area contributed by atoms with Crippen LogP contribution in [-0.4, -0.2) is 27.3 Å². The van der Waals surface area contributed by atoms with E-state index in [2.05, 4.69) is 15.4 Å². The number of nitrogens with zero attached hydrogens (tertiary/aromatic N) is 3. The van der Waals surface area contributed by atoms with E-state index in [1.54, 1.807) is 31.2 Å². The zero-order chi connectivity index (χ0) is 25.0. The van der Waals surface area contributed by atoms with Crippen LogP contribution in [0.5, 0.6) is 6.01 Å². The summed E-state index contributed by atoms with van der Waals surface area (Å²) in [4.78, 5) is 16.6. The van der Waals surface area contributed by atoms with Gasteiger partial charge in [0, 0.05) is 11.3 Å². The zero-order valence-electron chi connectivity index (χ0n) is 18.5. The molecule has 0 spiro atoms. The topological polar surface area (TPSA) is 69.0 Å². The monoisotopic (exact) mass is 484 g/mol. The fraction of sp³-hybridized carbons (Fsp3) is 0.160. The van der Waals surface area contributed by atoms with Crippen LogP contribution >= 0.6 is 0 Å². The third kappa shape index (κ3) is 5.84. The van der Waals surface area contributed by atoms with E-state index in [-0.39, 0.29) is 42.2 Å². The van der Waals surface area contributed by atoms with Gasteiger partial charge in [-0.25, -0.2) is 9.07 Å². The Morgan fingerprint density at radius 3 is 2.40 bits per heavy atom. The molecule has 3 aromatic carbocycles. The minimum absolute atomic E-state index is 0.0246. The molecule has 0 fully saturated rings. The quantitative estimate of drug-likeness (QED) is 0.343. The predicted molar refractivity (Wildman–Crippen MR) is 122 cm³/mol. The number of carbonyl (C=O) groups is 1. The first kappa shape index (κ1) is 23.9. The third-order valence-electron chi connectivity index (χ3n) is 4.98. The second-order valence-electron chi connectivity index (χ2n) is 7.54. The highest BCUT2D eigenvalue weighted by molar-refractivity contribution is 5.92. The number of alkyl halides is 3. The molecule has 0 aliphatic carbocycles. The molecule has 0 radical (unpaired) electrons. The van der Waals surface area contributed by atoms with Gasteiger partial charge in [-0.05, 0) is 61.0 Å². The van der Waals surface area contributed by atoms with Crippen LogP contribution in [0.15, 0.2) is 72.8 Å². The van der Waals surface area contributed by atoms with Crippen molar-refractivity contribution in [1.29, 1.82) is 0 Å². The van der Waals surface area contributed by atoms with Gasteiger partial charge in [0.15, 0.2) is 5.82 Å². The highest BCUT2D eigenvalue weighted by Gasteiger charge is 2.31. The molecule has 0 unspecified atom stereocenters. The van der Waals surface area contributed by atoms with Crippen molar-refractivity contribution in [3.63, 3.8) is 0 Å². The van der Waals surface area contributed by atoms with E-state index in [9.17, 15) is 22.4 Å². The predicted octanol–water partition coefficient (Wildman–Crippen LogP) is 5.67. The molecule has 1 N–H and O–H groups in total. The lowest BCUT2D eigenvalue weighted by molar-refractivity contribution is -0.137. The molecule has 180 valence electrons. The third-order valence-corrected chi connectivity index (χ3v) is 4.98. The average Bonchev–Trinajstić information content (AvgIpc) is 3.25. The van der Waals surface area contributed by atoms with Crippen molar-refractivity contribution in [3.05, 3.63) is 89.7 Å². The number of benzene rings is 3. The summed E-state index contributed by atoms with van der Waals surface area (Å²) in [6.07, 6.45) is -4.43. The summed E-state index contributed by atoms with van der Waals surface area (Å²) < 4.78 is 59.4. The Kier molecular flexibility index (Phi) is 6.81. The fourth-order valence-electron chi connectivity index (χ4n) is 3.36. The van der Waals surface area contributed by atoms with Crippen molar-refractivity contribution in [1.82, 2.24) is 14.8 Å². The zero-order valence-corrected chi connectivity index (χ0v) is 18.5. The van der Waals surface area contributed by atoms with E-state index >= 15 is 0 Å². The van der Waals surface area contributed by atoms with Gasteiger partial charge >= 0.3 is 12.2 Å². The van der Waals surface area contributed by atoms with Crippen LogP contribution in [-0.2, 0) is 17.4 Å². The SMILES string of the molecule is CCOc1nc(-c2cccc(C(F)(F)F)c2)n(-c2ccc(NC(=O)Cc3ccc(F)cc3)cc2)n1. The number of anilines is 1. The van der Waals surface area contributed by atoms with Crippen LogP contribution in [0.3, 0.4) is 0 Å². The molecule has 1 amide bonds. The van der Waals surface area contributed by atoms with Gasteiger partial charge in [0.05, 0.1) is 24.3 Å². The van der Waals surface area contributed by atoms with Gasteiger partial charge in [0.2, 0.25) is 5.91 Å². The summed E-state index contributed by atoms with van der Waals surface area (Å²) in [5, 5.41) is 7.03. The van der Waals surface area contributed by atoms with Crippen LogP contribution in [0.25, 0.3) is 17.1 Å². The normalized spacial score (nSPS) is 11.3. The molecule has 4 aromatic rings. The Labute approximate surface area is 198 Å². The van der Waals surface area contributed by atoms with Gasteiger partial charge in [-0.3, -0.25) is 4.79 Å². The number of nitrogens with one attached hydrogen (secondary N) is 1. The Bertz CT molecular complexity index is 1320. The second-order valence-corrected chi connectivity index (χ2v) is 7.54. The first-order valence-electron chi connectivity index (χ1n) is 10.6. The molecule has 6 nitrogen and oxygen atoms in total. The Balaban J connectivity index is 1.58. The Morgan fingerprint density at radius 1 is 1.03 bits per heavy atom. The first-order valence-corrected chi connectivity index (χ1v) is 10.6. The number of carbonyl (C=O) groups excluding carboxylic acids is 1. The highest BCUT2D eigenvalue weighted by atomic mass is 19.4. The lowest BCUT2D eigenvalue weighted by Gasteiger charge is -2.10. The number of rotatable bonds is 7. The molecule has 0 aliphatic rings. The molecule has 0 aliphatic heterocycles. The van der Waals surface area contributed by atoms with Gasteiger partial charge in [-0.15, -0.1) is 5.10 Å². The van der Waals surface area contributed by atoms with Crippen molar-refractivity contribution < 1.29 is 27.1 Å². The number of ether oxygens (including phenoxy) is 1. The minimum atomic E-state index is -4.50. The Morgan fingerprint density at radius 2 is 1.74 bits per heavy atom. The highest BCUT2D eigenvalue weighted by Crippen LogP contribution is 2.33. The van der Waals surface area contributed by atoms with Crippen LogP contribution in [0.4, 0.5) is 23.2 Å². The molecular formula is C25H20F4N4O2. The summed E-state index contributed by atoms with van der Waals surface area (Å²) in [5.74, 6) is -0.490. The van der Waals surface area contributed by atoms with Gasteiger partial charge in [-0.2, -0.15) is 18.2 Å². The number of aromatic nitrogens is 3. The maximum atomic E-state index is 13.2. The summed E-state index contributed by atoms with van der Waals surface area (Å²) in [5.41, 5.74) is 1.09. The van der Waals surface area contributed by atoms with Crippen molar-refractivity contribution >= 4 is 11.6 Å². The summed E-state index contributed by atoms with van der Waals surface area (Å²) in [7, 11) is 0. The second kappa shape index (κ2) is 9.96. The molecule has 1 heterocycles. The van der Waals surface area contributed by atoms with Gasteiger partial charge in [-0.1, -0.05) is 24.3 Å². The molecule has 0 saturated carbocycles. The molecule has 0 atom stereocenters. The molecule has 0 saturated heterocycles. The van der Waals surface area contributed by atoms with E-state index in [1.165, 1.54) is 41.1 Å². The molecule has 1 aromatic heterocycles. The molecule has 10 heteroatoms. The van der Waals surface area contributed by atoms with Crippen LogP contribution in [0, 0.1) is 5.82 Å². The fourth-order valence-corrected chi connectivity index (χ4v) is 3.36. The number of hydrogen-bond donors (Lipinski definition) is 1. The van der Waals surface area contributed by atoms with Gasteiger partial charge in [0.25, 0.3) is 0 Å². The first-order chi connectivity index (χ1) is 16.7. The van der Waals surface area contributed by atoms with Gasteiger partial charge < -0.3 is 10.1 Å². The van der Waals surface area contributed by atoms with Crippen LogP contribution < -0.4 is 10.1 Å². The van der Waals surface area contributed by atoms with Crippen LogP contribution in [0.1, 0.15) is 18.1 Å². The largest absolute Gasteiger partial charge is 0.463 e. The Hall–Kier alpha value is -4.21. The smallest absolute Gasteiger partial charge is 0.416 e. The minimum Gasteiger partial charge on any atom is -0.463 e. The summed E-state index contributed by atoms with van der Waals surface area (Å²) in [6.45, 7) is 2.03. The molecular weight excluding hydrogens is 464 g/mol. The van der Waals surface area contributed by atoms with Gasteiger partial charge in [0.1, 0.15) is 5.82 Å². The number of amides is 1. The summed E-state index contributed by atoms with van der Waals surface area (Å²) >= 11 is 0. The standard InChI is InChI=1S/C25H20F4N4O2/c1-2-35-24-31-23(17-4-3-5-18(15-17)25(27,28)29)33(32-24)21-12-10-20(11-13-21)30-22(34)14-16-6-8-19(26)9-7-16/h3-13,15H,2,14H2,1H3,(H,30,34). The van der Waals surface area contributed by atoms with E-state index in [0.717, 1.165) is 12.1 Å². The average molecular weight is 484 g/mol. The summed E-state index contributed by atoms with van der Waals surface area (Å²) in [6, 6.07) is 17.0. The number of halogens is 4. The van der Waals surface area contributed by atoms with Crippen molar-refractivity contribution in [2.24, 2.45) is 0 Å². The van der Waals surface area contributed by atoms with Crippen molar-refractivity contribution in [2.75, 3.05) is 11.9 Å².